The monoisotopic (exact) mass is 337 g/mol. The number of hydrogen-bond donors (Lipinski definition) is 1. The third-order valence-corrected chi connectivity index (χ3v) is 3.39. The predicted octanol–water partition coefficient (Wildman–Crippen LogP) is 1.85. The fraction of sp³-hybridized carbons (Fsp3) is 0.118. The van der Waals surface area contributed by atoms with Gasteiger partial charge >= 0.3 is 5.97 Å². The second-order valence-electron chi connectivity index (χ2n) is 5.21. The van der Waals surface area contributed by atoms with Gasteiger partial charge < -0.3 is 10.1 Å². The summed E-state index contributed by atoms with van der Waals surface area (Å²) in [4.78, 5) is 24.4. The van der Waals surface area contributed by atoms with Crippen molar-refractivity contribution in [2.24, 2.45) is 0 Å². The molecule has 0 aliphatic rings. The van der Waals surface area contributed by atoms with E-state index in [0.717, 1.165) is 0 Å². The molecule has 8 heteroatoms. The first-order valence-corrected chi connectivity index (χ1v) is 7.54. The first kappa shape index (κ1) is 16.3. The molecule has 0 saturated heterocycles. The van der Waals surface area contributed by atoms with Gasteiger partial charge in [0.05, 0.1) is 11.3 Å². The van der Waals surface area contributed by atoms with Gasteiger partial charge in [-0.2, -0.15) is 0 Å². The Kier molecular flexibility index (Phi) is 4.79. The van der Waals surface area contributed by atoms with Crippen LogP contribution in [0.2, 0.25) is 0 Å². The van der Waals surface area contributed by atoms with E-state index in [2.05, 4.69) is 20.8 Å². The second-order valence-corrected chi connectivity index (χ2v) is 5.21. The van der Waals surface area contributed by atoms with Crippen LogP contribution in [0.25, 0.3) is 5.69 Å². The van der Waals surface area contributed by atoms with E-state index >= 15 is 0 Å². The number of nitrogens with one attached hydrogen (secondary N) is 1. The number of esters is 1. The Morgan fingerprint density at radius 3 is 2.64 bits per heavy atom. The summed E-state index contributed by atoms with van der Waals surface area (Å²) in [6.45, 7) is 1.52. The molecule has 0 bridgehead atoms. The van der Waals surface area contributed by atoms with Crippen LogP contribution in [-0.4, -0.2) is 38.2 Å². The number of aromatic nitrogens is 4. The van der Waals surface area contributed by atoms with Gasteiger partial charge in [-0.15, -0.1) is 5.10 Å². The van der Waals surface area contributed by atoms with Crippen molar-refractivity contribution in [3.63, 3.8) is 0 Å². The molecule has 0 radical (unpaired) electrons. The molecule has 126 valence electrons. The average Bonchev–Trinajstić information content (AvgIpc) is 3.17. The van der Waals surface area contributed by atoms with Crippen molar-refractivity contribution in [1.82, 2.24) is 20.2 Å². The van der Waals surface area contributed by atoms with Crippen molar-refractivity contribution in [3.8, 4) is 5.69 Å². The van der Waals surface area contributed by atoms with E-state index in [9.17, 15) is 9.59 Å². The molecule has 0 aliphatic heterocycles. The Morgan fingerprint density at radius 2 is 1.92 bits per heavy atom. The lowest BCUT2D eigenvalue weighted by atomic mass is 10.2. The Hall–Kier alpha value is -3.55. The van der Waals surface area contributed by atoms with E-state index in [4.69, 9.17) is 4.74 Å². The fourth-order valence-corrected chi connectivity index (χ4v) is 2.10. The van der Waals surface area contributed by atoms with Crippen molar-refractivity contribution in [2.75, 3.05) is 5.32 Å². The maximum Gasteiger partial charge on any atom is 0.338 e. The minimum atomic E-state index is -0.940. The summed E-state index contributed by atoms with van der Waals surface area (Å²) in [7, 11) is 0. The summed E-state index contributed by atoms with van der Waals surface area (Å²) in [6, 6.07) is 15.6. The van der Waals surface area contributed by atoms with Gasteiger partial charge in [0.25, 0.3) is 5.91 Å². The molecular weight excluding hydrogens is 322 g/mol. The topological polar surface area (TPSA) is 99.0 Å². The summed E-state index contributed by atoms with van der Waals surface area (Å²) in [5.41, 5.74) is 1.55. The highest BCUT2D eigenvalue weighted by Gasteiger charge is 2.19. The molecule has 8 nitrogen and oxygen atoms in total. The van der Waals surface area contributed by atoms with E-state index in [1.165, 1.54) is 17.9 Å². The number of carbonyl (C=O) groups excluding carboxylic acids is 2. The van der Waals surface area contributed by atoms with Crippen LogP contribution in [-0.2, 0) is 9.53 Å². The first-order valence-electron chi connectivity index (χ1n) is 7.54. The summed E-state index contributed by atoms with van der Waals surface area (Å²) in [5, 5.41) is 13.5. The normalized spacial score (nSPS) is 11.6. The largest absolute Gasteiger partial charge is 0.449 e. The van der Waals surface area contributed by atoms with Crippen molar-refractivity contribution in [1.29, 1.82) is 0 Å². The van der Waals surface area contributed by atoms with Crippen LogP contribution in [0.3, 0.4) is 0 Å². The number of rotatable bonds is 5. The predicted molar refractivity (Wildman–Crippen MR) is 89.1 cm³/mol. The van der Waals surface area contributed by atoms with E-state index in [1.807, 2.05) is 6.07 Å². The molecule has 1 unspecified atom stereocenters. The molecule has 1 N–H and O–H groups in total. The van der Waals surface area contributed by atoms with Crippen LogP contribution in [0, 0.1) is 0 Å². The Labute approximate surface area is 143 Å². The molecule has 0 aliphatic carbocycles. The third-order valence-electron chi connectivity index (χ3n) is 3.39. The van der Waals surface area contributed by atoms with Crippen molar-refractivity contribution in [2.45, 2.75) is 13.0 Å². The number of carbonyl (C=O) groups is 2. The molecule has 2 aromatic carbocycles. The summed E-state index contributed by atoms with van der Waals surface area (Å²) in [5.74, 6) is -1.01. The lowest BCUT2D eigenvalue weighted by Crippen LogP contribution is -2.30. The minimum Gasteiger partial charge on any atom is -0.449 e. The summed E-state index contributed by atoms with van der Waals surface area (Å²) < 4.78 is 6.65. The molecule has 3 aromatic rings. The highest BCUT2D eigenvalue weighted by Crippen LogP contribution is 2.12. The first-order chi connectivity index (χ1) is 12.1. The number of hydrogen-bond acceptors (Lipinski definition) is 6. The molecule has 0 fully saturated rings. The van der Waals surface area contributed by atoms with Crippen LogP contribution in [0.5, 0.6) is 0 Å². The molecule has 1 heterocycles. The number of anilines is 1. The highest BCUT2D eigenvalue weighted by molar-refractivity contribution is 5.97. The minimum absolute atomic E-state index is 0.298. The molecule has 1 atom stereocenters. The quantitative estimate of drug-likeness (QED) is 0.713. The Morgan fingerprint density at radius 1 is 1.12 bits per heavy atom. The molecule has 25 heavy (non-hydrogen) atoms. The Bertz CT molecular complexity index is 865. The zero-order valence-electron chi connectivity index (χ0n) is 13.4. The third kappa shape index (κ3) is 4.05. The van der Waals surface area contributed by atoms with Crippen LogP contribution in [0.15, 0.2) is 60.9 Å². The summed E-state index contributed by atoms with van der Waals surface area (Å²) in [6.07, 6.45) is 0.477. The fourth-order valence-electron chi connectivity index (χ4n) is 2.10. The number of benzene rings is 2. The highest BCUT2D eigenvalue weighted by atomic mass is 16.5. The van der Waals surface area contributed by atoms with Crippen molar-refractivity contribution < 1.29 is 14.3 Å². The van der Waals surface area contributed by atoms with Crippen LogP contribution >= 0.6 is 0 Å². The number of ether oxygens (including phenoxy) is 1. The number of tetrazole rings is 1. The van der Waals surface area contributed by atoms with E-state index in [-0.39, 0.29) is 0 Å². The van der Waals surface area contributed by atoms with E-state index in [0.29, 0.717) is 16.9 Å². The van der Waals surface area contributed by atoms with Gasteiger partial charge in [0, 0.05) is 5.69 Å². The number of nitrogens with zero attached hydrogens (tertiary/aromatic N) is 4. The molecule has 0 spiro atoms. The van der Waals surface area contributed by atoms with E-state index in [1.54, 1.807) is 48.5 Å². The van der Waals surface area contributed by atoms with Crippen LogP contribution < -0.4 is 5.32 Å². The van der Waals surface area contributed by atoms with Gasteiger partial charge in [-0.1, -0.05) is 24.3 Å². The molecular formula is C17H15N5O3. The van der Waals surface area contributed by atoms with Crippen molar-refractivity contribution in [3.05, 3.63) is 66.5 Å². The van der Waals surface area contributed by atoms with Gasteiger partial charge in [0.15, 0.2) is 6.10 Å². The lowest BCUT2D eigenvalue weighted by Gasteiger charge is -2.13. The van der Waals surface area contributed by atoms with Crippen LogP contribution in [0.4, 0.5) is 5.69 Å². The van der Waals surface area contributed by atoms with Gasteiger partial charge in [-0.25, -0.2) is 9.48 Å². The van der Waals surface area contributed by atoms with Gasteiger partial charge in [0.1, 0.15) is 6.33 Å². The Balaban J connectivity index is 1.65. The maximum absolute atomic E-state index is 12.3. The summed E-state index contributed by atoms with van der Waals surface area (Å²) >= 11 is 0. The lowest BCUT2D eigenvalue weighted by molar-refractivity contribution is -0.123. The zero-order valence-corrected chi connectivity index (χ0v) is 13.4. The zero-order chi connectivity index (χ0) is 17.6. The van der Waals surface area contributed by atoms with Gasteiger partial charge in [0.2, 0.25) is 0 Å². The number of amides is 1. The SMILES string of the molecule is CC(OC(=O)c1cccc(-n2cnnn2)c1)C(=O)Nc1ccccc1. The molecule has 0 saturated carbocycles. The molecule has 1 amide bonds. The number of para-hydroxylation sites is 1. The smallest absolute Gasteiger partial charge is 0.338 e. The molecule has 3 rings (SSSR count). The molecule has 1 aromatic heterocycles. The van der Waals surface area contributed by atoms with E-state index < -0.39 is 18.0 Å². The van der Waals surface area contributed by atoms with Crippen molar-refractivity contribution >= 4 is 17.6 Å². The maximum atomic E-state index is 12.3. The second kappa shape index (κ2) is 7.35. The van der Waals surface area contributed by atoms with Gasteiger partial charge in [-0.05, 0) is 47.7 Å². The average molecular weight is 337 g/mol. The van der Waals surface area contributed by atoms with Gasteiger partial charge in [-0.3, -0.25) is 4.79 Å². The standard InChI is InChI=1S/C17H15N5O3/c1-12(16(23)19-14-7-3-2-4-8-14)25-17(24)13-6-5-9-15(10-13)22-11-18-20-21-22/h2-12H,1H3,(H,19,23). The van der Waals surface area contributed by atoms with Crippen LogP contribution in [0.1, 0.15) is 17.3 Å².